The Morgan fingerprint density at radius 1 is 0.812 bits per heavy atom. The van der Waals surface area contributed by atoms with Gasteiger partial charge in [-0.1, -0.05) is 89.2 Å². The molecule has 0 aliphatic rings. The molecule has 2 N–H and O–H groups in total. The van der Waals surface area contributed by atoms with Gasteiger partial charge < -0.3 is 10.2 Å². The average Bonchev–Trinajstić information content (AvgIpc) is 2.65. The van der Waals surface area contributed by atoms with E-state index in [-0.39, 0.29) is 11.4 Å². The van der Waals surface area contributed by atoms with Crippen LogP contribution >= 0.6 is 11.1 Å². The summed E-state index contributed by atoms with van der Waals surface area (Å²) in [5.41, 5.74) is 9.19. The minimum Gasteiger partial charge on any atom is -0.541 e. The van der Waals surface area contributed by atoms with Crippen molar-refractivity contribution < 1.29 is 9.35 Å². The number of nitrogens with two attached hydrogens (primary N) is 1. The zero-order valence-corrected chi connectivity index (χ0v) is 25.1. The fraction of sp³-hybridized carbons (Fsp3) is 0.750. The van der Waals surface area contributed by atoms with Crippen LogP contribution < -0.4 is 10.2 Å². The second-order valence-electron chi connectivity index (χ2n) is 10.7. The van der Waals surface area contributed by atoms with Gasteiger partial charge in [0.05, 0.1) is 4.92 Å². The molecule has 0 aromatic heterocycles. The molecule has 0 spiro atoms. The van der Waals surface area contributed by atoms with Gasteiger partial charge >= 0.3 is 0 Å². The fourth-order valence-electron chi connectivity index (χ4n) is 5.32. The normalized spacial score (nSPS) is 12.7. The summed E-state index contributed by atoms with van der Waals surface area (Å²) in [4.78, 5) is 10.6. The topological polar surface area (TPSA) is 78.4 Å². The van der Waals surface area contributed by atoms with Crippen molar-refractivity contribution in [1.82, 2.24) is 0 Å². The molecule has 0 saturated heterocycles. The van der Waals surface area contributed by atoms with Gasteiger partial charge in [-0.05, 0) is 39.3 Å². The molecular weight excluding hydrogens is 456 g/mol. The quantitative estimate of drug-likeness (QED) is 0.120. The summed E-state index contributed by atoms with van der Waals surface area (Å²) >= 11 is 6.68. The molecule has 0 amide bonds. The lowest BCUT2D eigenvalue weighted by Gasteiger charge is -2.42. The smallest absolute Gasteiger partial charge is 0.295 e. The zero-order valence-electron chi connectivity index (χ0n) is 22.3. The van der Waals surface area contributed by atoms with E-state index in [1.807, 2.05) is 0 Å². The van der Waals surface area contributed by atoms with Gasteiger partial charge in [0.15, 0.2) is 13.1 Å². The summed E-state index contributed by atoms with van der Waals surface area (Å²) < 4.78 is 6.42. The molecule has 0 bridgehead atoms. The predicted octanol–water partition coefficient (Wildman–Crippen LogP) is 9.13. The van der Waals surface area contributed by atoms with E-state index >= 15 is 0 Å². The summed E-state index contributed by atoms with van der Waals surface area (Å²) in [5, 5.41) is 11.0. The van der Waals surface area contributed by atoms with E-state index in [9.17, 15) is 10.1 Å². The lowest BCUT2D eigenvalue weighted by Crippen LogP contribution is -2.50. The molecule has 0 aliphatic carbocycles. The Bertz CT molecular complexity index is 694. The monoisotopic (exact) mass is 502 g/mol. The first-order valence-corrected chi connectivity index (χ1v) is 17.3. The molecule has 0 unspecified atom stereocenters. The van der Waals surface area contributed by atoms with Gasteiger partial charge in [-0.15, -0.1) is 0 Å². The number of rotatable bonds is 9. The first-order chi connectivity index (χ1) is 14.5. The SMILES string of the molecule is CC(C)[Si](Cl)(C(C)C)C(C)C.CC(C)[Si](Oc1cccc([N+](=O)[O-])c1N)(C(C)C)C(C)C. The molecule has 0 saturated carbocycles. The van der Waals surface area contributed by atoms with Gasteiger partial charge in [0.1, 0.15) is 5.75 Å². The van der Waals surface area contributed by atoms with E-state index < -0.39 is 20.6 Å². The van der Waals surface area contributed by atoms with Crippen LogP contribution in [0.5, 0.6) is 5.75 Å². The van der Waals surface area contributed by atoms with Crippen LogP contribution in [0.3, 0.4) is 0 Å². The van der Waals surface area contributed by atoms with Crippen LogP contribution in [0, 0.1) is 10.1 Å². The molecule has 1 aromatic rings. The van der Waals surface area contributed by atoms with Gasteiger partial charge in [-0.2, -0.15) is 11.1 Å². The molecule has 8 heteroatoms. The molecule has 5 nitrogen and oxygen atoms in total. The predicted molar refractivity (Wildman–Crippen MR) is 146 cm³/mol. The van der Waals surface area contributed by atoms with Gasteiger partial charge in [-0.25, -0.2) is 0 Å². The van der Waals surface area contributed by atoms with E-state index in [0.717, 1.165) is 0 Å². The lowest BCUT2D eigenvalue weighted by atomic mass is 10.2. The number of nitro benzene ring substituents is 1. The van der Waals surface area contributed by atoms with Crippen LogP contribution in [0.15, 0.2) is 18.2 Å². The second kappa shape index (κ2) is 12.4. The number of nitro groups is 1. The Kier molecular flexibility index (Phi) is 12.0. The third kappa shape index (κ3) is 6.73. The van der Waals surface area contributed by atoms with Crippen molar-refractivity contribution in [2.24, 2.45) is 0 Å². The number of hydrogen-bond acceptors (Lipinski definition) is 4. The Morgan fingerprint density at radius 3 is 1.44 bits per heavy atom. The highest BCUT2D eigenvalue weighted by Gasteiger charge is 2.47. The molecule has 32 heavy (non-hydrogen) atoms. The van der Waals surface area contributed by atoms with E-state index in [1.165, 1.54) is 6.07 Å². The molecule has 0 fully saturated rings. The number of nitrogen functional groups attached to an aromatic ring is 1. The molecule has 1 rings (SSSR count). The van der Waals surface area contributed by atoms with E-state index in [4.69, 9.17) is 21.2 Å². The summed E-state index contributed by atoms with van der Waals surface area (Å²) in [5.74, 6) is 0.451. The van der Waals surface area contributed by atoms with E-state index in [2.05, 4.69) is 83.1 Å². The van der Waals surface area contributed by atoms with Crippen LogP contribution in [0.1, 0.15) is 83.1 Å². The van der Waals surface area contributed by atoms with E-state index in [0.29, 0.717) is 39.0 Å². The van der Waals surface area contributed by atoms with Gasteiger partial charge in [0.2, 0.25) is 0 Å². The zero-order chi connectivity index (χ0) is 25.6. The Hall–Kier alpha value is -1.06. The highest BCUT2D eigenvalue weighted by molar-refractivity contribution is 7.22. The van der Waals surface area contributed by atoms with Crippen molar-refractivity contribution in [2.45, 2.75) is 116 Å². The summed E-state index contributed by atoms with van der Waals surface area (Å²) in [6.45, 7) is 26.6. The van der Waals surface area contributed by atoms with Crippen molar-refractivity contribution in [3.05, 3.63) is 28.3 Å². The number of para-hydroxylation sites is 1. The third-order valence-electron chi connectivity index (χ3n) is 6.89. The largest absolute Gasteiger partial charge is 0.541 e. The lowest BCUT2D eigenvalue weighted by molar-refractivity contribution is -0.383. The number of hydrogen-bond donors (Lipinski definition) is 1. The molecule has 0 radical (unpaired) electrons. The number of nitrogens with zero attached hydrogens (tertiary/aromatic N) is 1. The Labute approximate surface area is 203 Å². The summed E-state index contributed by atoms with van der Waals surface area (Å²) in [6.07, 6.45) is 0. The summed E-state index contributed by atoms with van der Waals surface area (Å²) in [6, 6.07) is 4.77. The molecule has 0 aliphatic heterocycles. The van der Waals surface area contributed by atoms with Crippen molar-refractivity contribution in [3.63, 3.8) is 0 Å². The van der Waals surface area contributed by atoms with Crippen LogP contribution in [0.2, 0.25) is 33.2 Å². The van der Waals surface area contributed by atoms with Crippen molar-refractivity contribution in [3.8, 4) is 5.75 Å². The standard InChI is InChI=1S/C15H26N2O3Si.C9H21ClSi/c1-10(2)21(11(3)4,12(5)6)20-14-9-7-8-13(15(14)16)17(18)19;1-7(2)11(10,8(3)4)9(5)6/h7-12H,16H2,1-6H3;7-9H,1-6H3. The number of halogens is 1. The van der Waals surface area contributed by atoms with Crippen LogP contribution in [-0.2, 0) is 0 Å². The van der Waals surface area contributed by atoms with Crippen LogP contribution in [0.25, 0.3) is 0 Å². The molecule has 0 atom stereocenters. The van der Waals surface area contributed by atoms with Crippen LogP contribution in [-0.4, -0.2) is 20.6 Å². The van der Waals surface area contributed by atoms with Crippen molar-refractivity contribution in [2.75, 3.05) is 5.73 Å². The Balaban J connectivity index is 0.000000739. The highest BCUT2D eigenvalue weighted by Crippen LogP contribution is 2.45. The highest BCUT2D eigenvalue weighted by atomic mass is 35.6. The van der Waals surface area contributed by atoms with Crippen molar-refractivity contribution >= 4 is 38.2 Å². The third-order valence-corrected chi connectivity index (χ3v) is 22.1. The van der Waals surface area contributed by atoms with Crippen molar-refractivity contribution in [1.29, 1.82) is 0 Å². The maximum absolute atomic E-state index is 11.0. The molecule has 0 heterocycles. The fourth-order valence-corrected chi connectivity index (χ4v) is 14.6. The minimum absolute atomic E-state index is 0.0910. The number of anilines is 1. The number of benzene rings is 1. The van der Waals surface area contributed by atoms with Crippen LogP contribution in [0.4, 0.5) is 11.4 Å². The van der Waals surface area contributed by atoms with Gasteiger partial charge in [0, 0.05) is 6.07 Å². The maximum atomic E-state index is 11.0. The average molecular weight is 503 g/mol. The molecule has 186 valence electrons. The Morgan fingerprint density at radius 2 is 1.19 bits per heavy atom. The van der Waals surface area contributed by atoms with Gasteiger partial charge in [-0.3, -0.25) is 10.1 Å². The minimum atomic E-state index is -2.16. The molecular formula is C24H47ClN2O3Si2. The molecule has 1 aromatic carbocycles. The summed E-state index contributed by atoms with van der Waals surface area (Å²) in [7, 11) is -3.67. The second-order valence-corrected chi connectivity index (χ2v) is 23.1. The first kappa shape index (κ1) is 30.9. The maximum Gasteiger partial charge on any atom is 0.295 e. The van der Waals surface area contributed by atoms with E-state index in [1.54, 1.807) is 12.1 Å². The van der Waals surface area contributed by atoms with Gasteiger partial charge in [0.25, 0.3) is 14.0 Å². The first-order valence-electron chi connectivity index (χ1n) is 11.9.